The molecule has 3 rings (SSSR count). The lowest BCUT2D eigenvalue weighted by Gasteiger charge is -2.07. The van der Waals surface area contributed by atoms with Crippen LogP contribution >= 0.6 is 11.3 Å². The highest BCUT2D eigenvalue weighted by Crippen LogP contribution is 2.37. The third-order valence-electron chi connectivity index (χ3n) is 3.98. The maximum Gasteiger partial charge on any atom is 0.337 e. The lowest BCUT2D eigenvalue weighted by Crippen LogP contribution is -2.14. The summed E-state index contributed by atoms with van der Waals surface area (Å²) in [5, 5.41) is 24.8. The number of carboxylic acid groups (broad SMARTS) is 1. The maximum absolute atomic E-state index is 12.7. The number of para-hydroxylation sites is 1. The van der Waals surface area contributed by atoms with Crippen molar-refractivity contribution < 1.29 is 14.7 Å². The van der Waals surface area contributed by atoms with Crippen LogP contribution in [0, 0.1) is 18.3 Å². The molecule has 0 aliphatic heterocycles. The number of nitrogens with two attached hydrogens (primary N) is 1. The van der Waals surface area contributed by atoms with Crippen molar-refractivity contribution in [1.29, 1.82) is 5.26 Å². The number of hydrogen-bond donors (Lipinski definition) is 4. The van der Waals surface area contributed by atoms with E-state index in [4.69, 9.17) is 5.73 Å². The Labute approximate surface area is 165 Å². The average Bonchev–Trinajstić information content (AvgIpc) is 2.99. The Kier molecular flexibility index (Phi) is 5.29. The number of amides is 1. The van der Waals surface area contributed by atoms with Crippen molar-refractivity contribution in [2.75, 3.05) is 16.4 Å². The largest absolute Gasteiger partial charge is 0.478 e. The highest BCUT2D eigenvalue weighted by atomic mass is 32.1. The van der Waals surface area contributed by atoms with Gasteiger partial charge < -0.3 is 21.5 Å². The van der Waals surface area contributed by atoms with Gasteiger partial charge in [0.05, 0.1) is 16.9 Å². The third-order valence-corrected chi connectivity index (χ3v) is 5.10. The number of carboxylic acids is 1. The van der Waals surface area contributed by atoms with E-state index in [1.165, 1.54) is 12.1 Å². The smallest absolute Gasteiger partial charge is 0.337 e. The molecule has 0 bridgehead atoms. The van der Waals surface area contributed by atoms with Gasteiger partial charge in [0.15, 0.2) is 0 Å². The molecule has 8 heteroatoms. The van der Waals surface area contributed by atoms with E-state index < -0.39 is 11.9 Å². The van der Waals surface area contributed by atoms with E-state index in [2.05, 4.69) is 10.6 Å². The van der Waals surface area contributed by atoms with Crippen molar-refractivity contribution in [2.24, 2.45) is 0 Å². The summed E-state index contributed by atoms with van der Waals surface area (Å²) in [5.74, 6) is -1.74. The van der Waals surface area contributed by atoms with E-state index in [1.54, 1.807) is 12.1 Å². The molecular weight excluding hydrogens is 376 g/mol. The number of nitriles is 1. The molecule has 0 fully saturated rings. The molecule has 140 valence electrons. The van der Waals surface area contributed by atoms with E-state index in [-0.39, 0.29) is 27.4 Å². The third kappa shape index (κ3) is 3.79. The maximum atomic E-state index is 12.7. The van der Waals surface area contributed by atoms with Gasteiger partial charge in [0, 0.05) is 5.69 Å². The second kappa shape index (κ2) is 7.82. The Bertz CT molecular complexity index is 1100. The van der Waals surface area contributed by atoms with Gasteiger partial charge in [0.2, 0.25) is 0 Å². The first-order valence-corrected chi connectivity index (χ1v) is 9.02. The van der Waals surface area contributed by atoms with Gasteiger partial charge in [-0.1, -0.05) is 29.8 Å². The van der Waals surface area contributed by atoms with E-state index in [1.807, 2.05) is 37.3 Å². The normalized spacial score (nSPS) is 10.1. The fourth-order valence-corrected chi connectivity index (χ4v) is 3.52. The lowest BCUT2D eigenvalue weighted by molar-refractivity contribution is 0.0698. The number of hydrogen-bond acceptors (Lipinski definition) is 6. The topological polar surface area (TPSA) is 128 Å². The van der Waals surface area contributed by atoms with Crippen molar-refractivity contribution in [3.63, 3.8) is 0 Å². The number of rotatable bonds is 5. The molecule has 5 N–H and O–H groups in total. The zero-order valence-corrected chi connectivity index (χ0v) is 15.6. The number of thiophene rings is 1. The summed E-state index contributed by atoms with van der Waals surface area (Å²) in [7, 11) is 0. The molecule has 1 amide bonds. The standard InChI is InChI=1S/C20H16N4O3S/c1-11-6-8-12(9-7-11)23-19-14(10-21)16(22)17(28-19)18(25)24-15-5-3-2-4-13(15)20(26)27/h2-9,23H,22H2,1H3,(H,24,25)(H,26,27). The molecule has 0 saturated heterocycles. The van der Waals surface area contributed by atoms with Crippen molar-refractivity contribution in [1.82, 2.24) is 0 Å². The van der Waals surface area contributed by atoms with Crippen LogP contribution in [-0.2, 0) is 0 Å². The van der Waals surface area contributed by atoms with Crippen LogP contribution < -0.4 is 16.4 Å². The molecule has 7 nitrogen and oxygen atoms in total. The number of aromatic carboxylic acids is 1. The van der Waals surface area contributed by atoms with Gasteiger partial charge in [0.1, 0.15) is 21.5 Å². The highest BCUT2D eigenvalue weighted by Gasteiger charge is 2.22. The zero-order chi connectivity index (χ0) is 20.3. The number of carbonyl (C=O) groups excluding carboxylic acids is 1. The van der Waals surface area contributed by atoms with Gasteiger partial charge in [-0.15, -0.1) is 11.3 Å². The van der Waals surface area contributed by atoms with Crippen molar-refractivity contribution in [2.45, 2.75) is 6.92 Å². The van der Waals surface area contributed by atoms with E-state index in [0.717, 1.165) is 22.6 Å². The molecule has 0 aliphatic rings. The molecule has 0 aliphatic carbocycles. The Morgan fingerprint density at radius 2 is 1.82 bits per heavy atom. The van der Waals surface area contributed by atoms with Crippen LogP contribution in [0.5, 0.6) is 0 Å². The summed E-state index contributed by atoms with van der Waals surface area (Å²) in [6.45, 7) is 1.96. The summed E-state index contributed by atoms with van der Waals surface area (Å²) >= 11 is 1.03. The molecule has 1 aromatic heterocycles. The summed E-state index contributed by atoms with van der Waals surface area (Å²) < 4.78 is 0. The van der Waals surface area contributed by atoms with Gasteiger partial charge in [-0.2, -0.15) is 5.26 Å². The monoisotopic (exact) mass is 392 g/mol. The average molecular weight is 392 g/mol. The number of carbonyl (C=O) groups is 2. The molecular formula is C20H16N4O3S. The van der Waals surface area contributed by atoms with E-state index in [0.29, 0.717) is 5.00 Å². The van der Waals surface area contributed by atoms with Gasteiger partial charge >= 0.3 is 5.97 Å². The summed E-state index contributed by atoms with van der Waals surface area (Å²) in [5.41, 5.74) is 8.20. The predicted octanol–water partition coefficient (Wildman–Crippen LogP) is 4.20. The molecule has 0 atom stereocenters. The van der Waals surface area contributed by atoms with Crippen LogP contribution in [0.4, 0.5) is 22.1 Å². The minimum absolute atomic E-state index is 0.0375. The molecule has 1 heterocycles. The highest BCUT2D eigenvalue weighted by molar-refractivity contribution is 7.19. The van der Waals surface area contributed by atoms with Crippen molar-refractivity contribution >= 4 is 45.3 Å². The Morgan fingerprint density at radius 1 is 1.14 bits per heavy atom. The van der Waals surface area contributed by atoms with Gasteiger partial charge in [-0.25, -0.2) is 4.79 Å². The fourth-order valence-electron chi connectivity index (χ4n) is 2.54. The van der Waals surface area contributed by atoms with E-state index in [9.17, 15) is 20.0 Å². The Morgan fingerprint density at radius 3 is 2.46 bits per heavy atom. The Hall–Kier alpha value is -3.83. The number of benzene rings is 2. The van der Waals surface area contributed by atoms with E-state index >= 15 is 0 Å². The summed E-state index contributed by atoms with van der Waals surface area (Å²) in [4.78, 5) is 24.1. The number of nitrogen functional groups attached to an aromatic ring is 1. The molecule has 28 heavy (non-hydrogen) atoms. The van der Waals surface area contributed by atoms with Gasteiger partial charge in [-0.05, 0) is 31.2 Å². The molecule has 2 aromatic carbocycles. The number of nitrogens with one attached hydrogen (secondary N) is 2. The summed E-state index contributed by atoms with van der Waals surface area (Å²) in [6, 6.07) is 15.6. The quantitative estimate of drug-likeness (QED) is 0.515. The van der Waals surface area contributed by atoms with Gasteiger partial charge in [-0.3, -0.25) is 4.79 Å². The van der Waals surface area contributed by atoms with Crippen LogP contribution in [0.15, 0.2) is 48.5 Å². The first kappa shape index (κ1) is 18.9. The fraction of sp³-hybridized carbons (Fsp3) is 0.0500. The lowest BCUT2D eigenvalue weighted by atomic mass is 10.1. The van der Waals surface area contributed by atoms with Crippen LogP contribution in [0.1, 0.15) is 31.2 Å². The second-order valence-electron chi connectivity index (χ2n) is 5.96. The number of anilines is 4. The van der Waals surface area contributed by atoms with Crippen LogP contribution in [0.25, 0.3) is 0 Å². The van der Waals surface area contributed by atoms with Crippen molar-refractivity contribution in [3.05, 3.63) is 70.1 Å². The second-order valence-corrected chi connectivity index (χ2v) is 6.98. The number of aryl methyl sites for hydroxylation is 1. The first-order chi connectivity index (χ1) is 13.4. The van der Waals surface area contributed by atoms with Crippen LogP contribution in [0.2, 0.25) is 0 Å². The van der Waals surface area contributed by atoms with Crippen LogP contribution in [0.3, 0.4) is 0 Å². The summed E-state index contributed by atoms with van der Waals surface area (Å²) in [6.07, 6.45) is 0. The van der Waals surface area contributed by atoms with Gasteiger partial charge in [0.25, 0.3) is 5.91 Å². The molecule has 0 unspecified atom stereocenters. The number of nitrogens with zero attached hydrogens (tertiary/aromatic N) is 1. The SMILES string of the molecule is Cc1ccc(Nc2sc(C(=O)Nc3ccccc3C(=O)O)c(N)c2C#N)cc1. The first-order valence-electron chi connectivity index (χ1n) is 8.20. The molecule has 0 radical (unpaired) electrons. The minimum atomic E-state index is -1.16. The minimum Gasteiger partial charge on any atom is -0.478 e. The molecule has 0 saturated carbocycles. The Balaban J connectivity index is 1.91. The van der Waals surface area contributed by atoms with Crippen molar-refractivity contribution in [3.8, 4) is 6.07 Å². The van der Waals surface area contributed by atoms with Crippen LogP contribution in [-0.4, -0.2) is 17.0 Å². The molecule has 0 spiro atoms. The molecule has 3 aromatic rings. The zero-order valence-electron chi connectivity index (χ0n) is 14.8. The predicted molar refractivity (Wildman–Crippen MR) is 109 cm³/mol.